The first-order valence-corrected chi connectivity index (χ1v) is 6.44. The quantitative estimate of drug-likeness (QED) is 0.597. The molecule has 1 unspecified atom stereocenters. The summed E-state index contributed by atoms with van der Waals surface area (Å²) < 4.78 is 0. The summed E-state index contributed by atoms with van der Waals surface area (Å²) in [5.41, 5.74) is 0. The fraction of sp³-hybridized carbons (Fsp3) is 0.600. The Labute approximate surface area is 94.3 Å². The second-order valence-electron chi connectivity index (χ2n) is 3.62. The SMILES string of the molecule is CSc1cc(NCC2CCCN2)ncn1. The van der Waals surface area contributed by atoms with Gasteiger partial charge in [0.25, 0.3) is 0 Å². The van der Waals surface area contributed by atoms with Crippen LogP contribution in [0.25, 0.3) is 0 Å². The van der Waals surface area contributed by atoms with Crippen LogP contribution in [0.1, 0.15) is 12.8 Å². The Hall–Kier alpha value is -0.810. The molecule has 4 nitrogen and oxygen atoms in total. The van der Waals surface area contributed by atoms with E-state index in [1.54, 1.807) is 18.1 Å². The van der Waals surface area contributed by atoms with Gasteiger partial charge in [0.05, 0.1) is 0 Å². The van der Waals surface area contributed by atoms with Gasteiger partial charge in [0.1, 0.15) is 17.2 Å². The van der Waals surface area contributed by atoms with E-state index >= 15 is 0 Å². The molecule has 2 rings (SSSR count). The van der Waals surface area contributed by atoms with Crippen molar-refractivity contribution in [2.24, 2.45) is 0 Å². The first-order chi connectivity index (χ1) is 7.38. The van der Waals surface area contributed by atoms with E-state index in [0.717, 1.165) is 23.9 Å². The van der Waals surface area contributed by atoms with Crippen LogP contribution in [-0.2, 0) is 0 Å². The van der Waals surface area contributed by atoms with E-state index in [9.17, 15) is 0 Å². The van der Waals surface area contributed by atoms with Crippen molar-refractivity contribution in [2.75, 3.05) is 24.7 Å². The average Bonchev–Trinajstić information content (AvgIpc) is 2.79. The molecule has 0 amide bonds. The zero-order chi connectivity index (χ0) is 10.5. The summed E-state index contributed by atoms with van der Waals surface area (Å²) in [4.78, 5) is 8.32. The summed E-state index contributed by atoms with van der Waals surface area (Å²) in [6.07, 6.45) is 6.17. The summed E-state index contributed by atoms with van der Waals surface area (Å²) in [5, 5.41) is 7.79. The Kier molecular flexibility index (Phi) is 3.80. The van der Waals surface area contributed by atoms with Gasteiger partial charge in [-0.25, -0.2) is 9.97 Å². The highest BCUT2D eigenvalue weighted by atomic mass is 32.2. The summed E-state index contributed by atoms with van der Waals surface area (Å²) >= 11 is 1.63. The lowest BCUT2D eigenvalue weighted by Gasteiger charge is -2.11. The second kappa shape index (κ2) is 5.32. The molecule has 0 radical (unpaired) electrons. The van der Waals surface area contributed by atoms with Crippen molar-refractivity contribution in [2.45, 2.75) is 23.9 Å². The van der Waals surface area contributed by atoms with Gasteiger partial charge in [-0.3, -0.25) is 0 Å². The number of rotatable bonds is 4. The normalized spacial score (nSPS) is 20.5. The smallest absolute Gasteiger partial charge is 0.130 e. The van der Waals surface area contributed by atoms with E-state index in [1.807, 2.05) is 12.3 Å². The van der Waals surface area contributed by atoms with Gasteiger partial charge >= 0.3 is 0 Å². The van der Waals surface area contributed by atoms with Gasteiger partial charge in [-0.1, -0.05) is 0 Å². The lowest BCUT2D eigenvalue weighted by Crippen LogP contribution is -2.29. The van der Waals surface area contributed by atoms with Crippen LogP contribution in [0.5, 0.6) is 0 Å². The number of nitrogens with zero attached hydrogens (tertiary/aromatic N) is 2. The van der Waals surface area contributed by atoms with E-state index in [4.69, 9.17) is 0 Å². The van der Waals surface area contributed by atoms with E-state index < -0.39 is 0 Å². The molecule has 0 spiro atoms. The molecule has 1 aliphatic rings. The highest BCUT2D eigenvalue weighted by molar-refractivity contribution is 7.98. The maximum Gasteiger partial charge on any atom is 0.130 e. The molecule has 0 saturated carbocycles. The fourth-order valence-corrected chi connectivity index (χ4v) is 2.09. The molecule has 1 aliphatic heterocycles. The average molecular weight is 224 g/mol. The Bertz CT molecular complexity index is 312. The molecule has 5 heteroatoms. The van der Waals surface area contributed by atoms with Gasteiger partial charge in [0.2, 0.25) is 0 Å². The van der Waals surface area contributed by atoms with E-state index in [0.29, 0.717) is 6.04 Å². The number of thioether (sulfide) groups is 1. The van der Waals surface area contributed by atoms with Gasteiger partial charge in [0.15, 0.2) is 0 Å². The molecule has 0 bridgehead atoms. The van der Waals surface area contributed by atoms with Crippen molar-refractivity contribution in [3.8, 4) is 0 Å². The zero-order valence-electron chi connectivity index (χ0n) is 8.86. The van der Waals surface area contributed by atoms with Crippen molar-refractivity contribution in [3.05, 3.63) is 12.4 Å². The molecule has 1 fully saturated rings. The molecule has 15 heavy (non-hydrogen) atoms. The van der Waals surface area contributed by atoms with Crippen LogP contribution >= 0.6 is 11.8 Å². The molecule has 1 aromatic rings. The minimum Gasteiger partial charge on any atom is -0.368 e. The topological polar surface area (TPSA) is 49.8 Å². The first kappa shape index (κ1) is 10.7. The molecule has 1 saturated heterocycles. The third-order valence-corrected chi connectivity index (χ3v) is 3.18. The van der Waals surface area contributed by atoms with Crippen LogP contribution in [0.3, 0.4) is 0 Å². The lowest BCUT2D eigenvalue weighted by atomic mass is 10.2. The van der Waals surface area contributed by atoms with E-state index in [-0.39, 0.29) is 0 Å². The van der Waals surface area contributed by atoms with Crippen LogP contribution in [0.15, 0.2) is 17.4 Å². The van der Waals surface area contributed by atoms with Crippen LogP contribution in [0, 0.1) is 0 Å². The highest BCUT2D eigenvalue weighted by Crippen LogP contribution is 2.14. The monoisotopic (exact) mass is 224 g/mol. The molecular formula is C10H16N4S. The largest absolute Gasteiger partial charge is 0.368 e. The maximum atomic E-state index is 4.18. The fourth-order valence-electron chi connectivity index (χ4n) is 1.71. The Balaban J connectivity index is 1.86. The van der Waals surface area contributed by atoms with Crippen LogP contribution in [0.4, 0.5) is 5.82 Å². The third kappa shape index (κ3) is 3.07. The molecule has 0 aromatic carbocycles. The van der Waals surface area contributed by atoms with Crippen LogP contribution in [0.2, 0.25) is 0 Å². The van der Waals surface area contributed by atoms with Gasteiger partial charge in [-0.15, -0.1) is 11.8 Å². The molecule has 82 valence electrons. The minimum absolute atomic E-state index is 0.595. The van der Waals surface area contributed by atoms with Crippen molar-refractivity contribution < 1.29 is 0 Å². The number of aromatic nitrogens is 2. The van der Waals surface area contributed by atoms with Crippen LogP contribution in [-0.4, -0.2) is 35.4 Å². The van der Waals surface area contributed by atoms with Gasteiger partial charge in [-0.2, -0.15) is 0 Å². The van der Waals surface area contributed by atoms with Crippen molar-refractivity contribution in [3.63, 3.8) is 0 Å². The van der Waals surface area contributed by atoms with Crippen molar-refractivity contribution in [1.29, 1.82) is 0 Å². The third-order valence-electron chi connectivity index (χ3n) is 2.54. The highest BCUT2D eigenvalue weighted by Gasteiger charge is 2.13. The maximum absolute atomic E-state index is 4.18. The summed E-state index contributed by atoms with van der Waals surface area (Å²) in [7, 11) is 0. The summed E-state index contributed by atoms with van der Waals surface area (Å²) in [6.45, 7) is 2.09. The Morgan fingerprint density at radius 1 is 1.60 bits per heavy atom. The summed E-state index contributed by atoms with van der Waals surface area (Å²) in [6, 6.07) is 2.58. The lowest BCUT2D eigenvalue weighted by molar-refractivity contribution is 0.632. The first-order valence-electron chi connectivity index (χ1n) is 5.22. The predicted molar refractivity (Wildman–Crippen MR) is 63.3 cm³/mol. The molecular weight excluding hydrogens is 208 g/mol. The Morgan fingerprint density at radius 3 is 3.27 bits per heavy atom. The van der Waals surface area contributed by atoms with Crippen LogP contribution < -0.4 is 10.6 Å². The Morgan fingerprint density at radius 2 is 2.53 bits per heavy atom. The minimum atomic E-state index is 0.595. The standard InChI is InChI=1S/C10H16N4S/c1-15-10-5-9(13-7-14-10)12-6-8-3-2-4-11-8/h5,7-8,11H,2-4,6H2,1H3,(H,12,13,14). The molecule has 1 aromatic heterocycles. The van der Waals surface area contributed by atoms with E-state index in [2.05, 4.69) is 20.6 Å². The summed E-state index contributed by atoms with van der Waals surface area (Å²) in [5.74, 6) is 0.919. The molecule has 2 heterocycles. The number of anilines is 1. The number of nitrogens with one attached hydrogen (secondary N) is 2. The second-order valence-corrected chi connectivity index (χ2v) is 4.45. The molecule has 0 aliphatic carbocycles. The van der Waals surface area contributed by atoms with Gasteiger partial charge in [-0.05, 0) is 25.6 Å². The zero-order valence-corrected chi connectivity index (χ0v) is 9.68. The van der Waals surface area contributed by atoms with Crippen molar-refractivity contribution >= 4 is 17.6 Å². The number of hydrogen-bond donors (Lipinski definition) is 2. The molecule has 1 atom stereocenters. The predicted octanol–water partition coefficient (Wildman–Crippen LogP) is 1.36. The molecule has 2 N–H and O–H groups in total. The van der Waals surface area contributed by atoms with Crippen molar-refractivity contribution in [1.82, 2.24) is 15.3 Å². The van der Waals surface area contributed by atoms with Gasteiger partial charge < -0.3 is 10.6 Å². The number of hydrogen-bond acceptors (Lipinski definition) is 5. The van der Waals surface area contributed by atoms with E-state index in [1.165, 1.54) is 12.8 Å². The van der Waals surface area contributed by atoms with Gasteiger partial charge in [0, 0.05) is 18.7 Å².